The molecule has 3 aliphatic rings. The van der Waals surface area contributed by atoms with Gasteiger partial charge in [-0.15, -0.1) is 0 Å². The van der Waals surface area contributed by atoms with Crippen molar-refractivity contribution in [2.45, 2.75) is 298 Å². The summed E-state index contributed by atoms with van der Waals surface area (Å²) in [4.78, 5) is 211. The lowest BCUT2D eigenvalue weighted by Gasteiger charge is -2.32. The molecule has 3 heterocycles. The molecule has 0 unspecified atom stereocenters. The minimum absolute atomic E-state index is 0.0118. The van der Waals surface area contributed by atoms with Crippen molar-refractivity contribution in [2.75, 3.05) is 26.2 Å². The molecule has 0 aliphatic carbocycles. The molecule has 3 aliphatic heterocycles. The van der Waals surface area contributed by atoms with Gasteiger partial charge in [0.05, 0.1) is 0 Å². The SMILES string of the molecule is CC(C)C[C@@H]1NC(=O)[C@H](CC(C)C)NC(=O)[C@H](CCCN)NC(=O)[C@H](C(C)C)NC(=O)[C@@H]2CCCN2C(=O)[C@@H](Cc2ccccc2)NC(=O)[C@H](CC(C)C)NC(=O)[C@H](CC(C)C)NC(=O)[C@H](CC(C)C)NC(=O)[C@H](CCCN)NC(=O)[C@H](C(C)C)NC(=O)[C@@H]2CCCN2C(=O)[C@@H](Cc2ccccc2)NC(=O)[C@H](CC(C)C)NC1=O. The Morgan fingerprint density at radius 3 is 0.754 bits per heavy atom. The third-order valence-electron chi connectivity index (χ3n) is 20.7. The molecule has 0 bridgehead atoms. The Labute approximate surface area is 675 Å². The number of fused-ring (bicyclic) bond motifs is 2. The van der Waals surface area contributed by atoms with Gasteiger partial charge in [0.15, 0.2) is 0 Å². The molecule has 0 spiro atoms. The summed E-state index contributed by atoms with van der Waals surface area (Å²) in [7, 11) is 0. The number of nitrogens with zero attached hydrogens (tertiary/aromatic N) is 2. The highest BCUT2D eigenvalue weighted by molar-refractivity contribution is 6.01. The van der Waals surface area contributed by atoms with E-state index in [1.165, 1.54) is 9.80 Å². The lowest BCUT2D eigenvalue weighted by Crippen LogP contribution is -2.62. The van der Waals surface area contributed by atoms with Crippen LogP contribution in [-0.4, -0.2) is 203 Å². The van der Waals surface area contributed by atoms with Gasteiger partial charge in [-0.25, -0.2) is 0 Å². The number of carbonyl (C=O) groups excluding carboxylic acids is 14. The highest BCUT2D eigenvalue weighted by Crippen LogP contribution is 2.25. The van der Waals surface area contributed by atoms with Crippen LogP contribution >= 0.6 is 0 Å². The fraction of sp³-hybridized carbons (Fsp3) is 0.690. The number of hydrogen-bond acceptors (Lipinski definition) is 16. The first-order chi connectivity index (χ1) is 53.8. The van der Waals surface area contributed by atoms with E-state index in [0.29, 0.717) is 24.0 Å². The summed E-state index contributed by atoms with van der Waals surface area (Å²) in [6.07, 6.45) is 2.05. The van der Waals surface area contributed by atoms with Gasteiger partial charge < -0.3 is 85.1 Å². The zero-order valence-corrected chi connectivity index (χ0v) is 70.4. The van der Waals surface area contributed by atoms with Gasteiger partial charge in [0, 0.05) is 25.9 Å². The number of rotatable bonds is 24. The van der Waals surface area contributed by atoms with E-state index in [-0.39, 0.29) is 152 Å². The Morgan fingerprint density at radius 1 is 0.298 bits per heavy atom. The fourth-order valence-electron chi connectivity index (χ4n) is 14.8. The lowest BCUT2D eigenvalue weighted by molar-refractivity contribution is -0.143. The summed E-state index contributed by atoms with van der Waals surface area (Å²) in [6, 6.07) is 0.228. The van der Waals surface area contributed by atoms with E-state index in [1.54, 1.807) is 88.4 Å². The van der Waals surface area contributed by atoms with Crippen LogP contribution in [0.1, 0.15) is 212 Å². The number of hydrogen-bond donors (Lipinski definition) is 14. The normalized spacial score (nSPS) is 26.4. The Morgan fingerprint density at radius 2 is 0.526 bits per heavy atom. The van der Waals surface area contributed by atoms with Crippen molar-refractivity contribution in [3.63, 3.8) is 0 Å². The number of nitrogens with two attached hydrogens (primary N) is 2. The number of amides is 14. The second kappa shape index (κ2) is 47.1. The van der Waals surface area contributed by atoms with Gasteiger partial charge in [0.25, 0.3) is 0 Å². The van der Waals surface area contributed by atoms with Crippen LogP contribution in [0.15, 0.2) is 60.7 Å². The third-order valence-corrected chi connectivity index (χ3v) is 20.7. The molecule has 2 aromatic carbocycles. The number of benzene rings is 2. The van der Waals surface area contributed by atoms with Crippen LogP contribution in [0.25, 0.3) is 0 Å². The summed E-state index contributed by atoms with van der Waals surface area (Å²) in [5, 5.41) is 34.4. The maximum Gasteiger partial charge on any atom is 0.246 e. The van der Waals surface area contributed by atoms with Gasteiger partial charge in [0.1, 0.15) is 84.6 Å². The van der Waals surface area contributed by atoms with E-state index in [9.17, 15) is 57.5 Å². The van der Waals surface area contributed by atoms with Crippen LogP contribution in [0.4, 0.5) is 0 Å². The lowest BCUT2D eigenvalue weighted by atomic mass is 9.97. The van der Waals surface area contributed by atoms with Crippen LogP contribution < -0.4 is 75.3 Å². The Bertz CT molecular complexity index is 3300. The molecule has 5 rings (SSSR count). The van der Waals surface area contributed by atoms with Crippen LogP contribution in [0.2, 0.25) is 0 Å². The summed E-state index contributed by atoms with van der Waals surface area (Å²) in [6.45, 7) is 29.4. The minimum Gasteiger partial charge on any atom is -0.343 e. The molecular weight excluding hydrogens is 1460 g/mol. The molecule has 2 aromatic rings. The second-order valence-electron chi connectivity index (χ2n) is 34.5. The van der Waals surface area contributed by atoms with Gasteiger partial charge >= 0.3 is 0 Å². The summed E-state index contributed by atoms with van der Waals surface area (Å²) in [5.74, 6) is -12.3. The van der Waals surface area contributed by atoms with E-state index in [1.807, 2.05) is 83.1 Å². The molecule has 3 saturated heterocycles. The Balaban J connectivity index is 1.63. The van der Waals surface area contributed by atoms with Crippen LogP contribution in [0.5, 0.6) is 0 Å². The van der Waals surface area contributed by atoms with Gasteiger partial charge in [-0.1, -0.05) is 171 Å². The molecule has 114 heavy (non-hydrogen) atoms. The van der Waals surface area contributed by atoms with Gasteiger partial charge in [-0.05, 0) is 161 Å². The van der Waals surface area contributed by atoms with Crippen molar-refractivity contribution in [3.05, 3.63) is 71.8 Å². The van der Waals surface area contributed by atoms with Crippen molar-refractivity contribution in [1.82, 2.24) is 73.6 Å². The Hall–Kier alpha value is -9.06. The maximum absolute atomic E-state index is 15.2. The quantitative estimate of drug-likeness (QED) is 0.0716. The minimum atomic E-state index is -1.30. The predicted molar refractivity (Wildman–Crippen MR) is 436 cm³/mol. The first-order valence-corrected chi connectivity index (χ1v) is 41.6. The average Bonchev–Trinajstić information content (AvgIpc) is 1.62. The van der Waals surface area contributed by atoms with Crippen LogP contribution in [-0.2, 0) is 80.0 Å². The molecule has 3 fully saturated rings. The van der Waals surface area contributed by atoms with Crippen molar-refractivity contribution >= 4 is 82.7 Å². The van der Waals surface area contributed by atoms with Crippen LogP contribution in [0.3, 0.4) is 0 Å². The molecule has 14 amide bonds. The fourth-order valence-corrected chi connectivity index (χ4v) is 14.8. The smallest absolute Gasteiger partial charge is 0.246 e. The predicted octanol–water partition coefficient (Wildman–Crippen LogP) is 3.35. The van der Waals surface area contributed by atoms with Crippen molar-refractivity contribution < 1.29 is 67.1 Å². The second-order valence-corrected chi connectivity index (χ2v) is 34.5. The van der Waals surface area contributed by atoms with Gasteiger partial charge in [-0.2, -0.15) is 0 Å². The van der Waals surface area contributed by atoms with Crippen molar-refractivity contribution in [3.8, 4) is 0 Å². The highest BCUT2D eigenvalue weighted by atomic mass is 16.2. The summed E-state index contributed by atoms with van der Waals surface area (Å²) < 4.78 is 0. The number of nitrogens with one attached hydrogen (secondary N) is 12. The van der Waals surface area contributed by atoms with Crippen LogP contribution in [0, 0.1) is 47.3 Å². The van der Waals surface area contributed by atoms with E-state index < -0.39 is 179 Å². The highest BCUT2D eigenvalue weighted by Gasteiger charge is 2.45. The van der Waals surface area contributed by atoms with E-state index in [2.05, 4.69) is 63.8 Å². The molecule has 30 heteroatoms. The van der Waals surface area contributed by atoms with E-state index in [0.717, 1.165) is 0 Å². The molecule has 0 aromatic heterocycles. The topological polar surface area (TPSA) is 442 Å². The standard InChI is InChI=1S/C84H136N16O14/c1-47(2)39-59-73(103)91-61(41-49(5)6)75(105)93-63(43-51(9)10)77(107)95-65(45-55-27-19-17-20-28-55)83(113)100-38-26-34-68(100)80(110)98-70(54(15)16)82(112)88-58(32-24-36-86)72(102)90-60(40-48(3)4)74(104)92-62(42-50(7)8)76(106)94-64(44-52(11)12)78(108)96-66(46-56-29-21-18-22-30-56)84(114)99-37-25-33-67(99)79(109)97-69(53(13)14)81(111)87-57(31-23-35-85)71(101)89-59/h17-22,27-30,47-54,57-70H,23-26,31-46,85-86H2,1-16H3,(H,87,111)(H,88,112)(H,89,101)(H,90,102)(H,91,103)(H,92,104)(H,93,105)(H,94,106)(H,95,107)(H,96,108)(H,97,109)(H,98,110)/t57-,58-,59-,60-,61-,62-,63-,64-,65+,66+,67-,68-,69-,70-/m0/s1. The summed E-state index contributed by atoms with van der Waals surface area (Å²) in [5.41, 5.74) is 13.3. The van der Waals surface area contributed by atoms with E-state index >= 15 is 9.59 Å². The van der Waals surface area contributed by atoms with Gasteiger partial charge in [-0.3, -0.25) is 67.1 Å². The molecular formula is C84H136N16O14. The molecule has 30 nitrogen and oxygen atoms in total. The third kappa shape index (κ3) is 30.6. The molecule has 0 saturated carbocycles. The zero-order chi connectivity index (χ0) is 84.8. The Kier molecular flexibility index (Phi) is 39.5. The first-order valence-electron chi connectivity index (χ1n) is 41.6. The van der Waals surface area contributed by atoms with E-state index in [4.69, 9.17) is 11.5 Å². The number of carbonyl (C=O) groups is 14. The maximum atomic E-state index is 15.2. The molecule has 16 N–H and O–H groups in total. The van der Waals surface area contributed by atoms with Crippen molar-refractivity contribution in [2.24, 2.45) is 58.8 Å². The molecule has 14 atom stereocenters. The molecule has 0 radical (unpaired) electrons. The largest absolute Gasteiger partial charge is 0.343 e. The van der Waals surface area contributed by atoms with Crippen molar-refractivity contribution in [1.29, 1.82) is 0 Å². The zero-order valence-electron chi connectivity index (χ0n) is 70.4. The average molecular weight is 1590 g/mol. The first kappa shape index (κ1) is 95.5. The monoisotopic (exact) mass is 1590 g/mol. The van der Waals surface area contributed by atoms with Gasteiger partial charge in [0.2, 0.25) is 82.7 Å². The summed E-state index contributed by atoms with van der Waals surface area (Å²) >= 11 is 0. The molecule has 636 valence electrons.